The van der Waals surface area contributed by atoms with E-state index in [4.69, 9.17) is 9.84 Å². The number of aliphatic hydroxyl groups excluding tert-OH is 1. The number of benzene rings is 1. The molecule has 0 saturated heterocycles. The highest BCUT2D eigenvalue weighted by Crippen LogP contribution is 2.38. The summed E-state index contributed by atoms with van der Waals surface area (Å²) in [6, 6.07) is 5.40. The van der Waals surface area contributed by atoms with Gasteiger partial charge in [-0.2, -0.15) is 0 Å². The second-order valence-electron chi connectivity index (χ2n) is 4.62. The van der Waals surface area contributed by atoms with Gasteiger partial charge in [-0.1, -0.05) is 6.07 Å². The smallest absolute Gasteiger partial charge is 0.270 e. The maximum atomic E-state index is 12.1. The minimum atomic E-state index is -0.850. The lowest BCUT2D eigenvalue weighted by Gasteiger charge is -2.38. The zero-order valence-corrected chi connectivity index (χ0v) is 10.4. The van der Waals surface area contributed by atoms with E-state index < -0.39 is 5.60 Å². The molecular weight excluding hydrogens is 218 g/mol. The molecule has 1 aliphatic heterocycles. The second kappa shape index (κ2) is 4.04. The molecule has 0 aliphatic carbocycles. The van der Waals surface area contributed by atoms with Gasteiger partial charge < -0.3 is 14.7 Å². The zero-order chi connectivity index (χ0) is 12.6. The molecule has 0 fully saturated rings. The van der Waals surface area contributed by atoms with Crippen molar-refractivity contribution >= 4 is 11.6 Å². The number of fused-ring (bicyclic) bond motifs is 1. The SMILES string of the molecule is CCN1C(=O)C(C)(C)Oc2cc(CO)ccc21. The molecule has 1 aliphatic rings. The molecule has 1 N–H and O–H groups in total. The van der Waals surface area contributed by atoms with Crippen LogP contribution in [-0.4, -0.2) is 23.2 Å². The molecule has 0 unspecified atom stereocenters. The van der Waals surface area contributed by atoms with Crippen molar-refractivity contribution in [2.45, 2.75) is 33.0 Å². The van der Waals surface area contributed by atoms with Crippen LogP contribution in [0.5, 0.6) is 5.75 Å². The molecule has 0 radical (unpaired) electrons. The Morgan fingerprint density at radius 3 is 2.71 bits per heavy atom. The van der Waals surface area contributed by atoms with Crippen molar-refractivity contribution in [1.29, 1.82) is 0 Å². The highest BCUT2D eigenvalue weighted by atomic mass is 16.5. The molecule has 17 heavy (non-hydrogen) atoms. The van der Waals surface area contributed by atoms with Gasteiger partial charge in [-0.3, -0.25) is 4.79 Å². The van der Waals surface area contributed by atoms with Gasteiger partial charge in [0.25, 0.3) is 5.91 Å². The van der Waals surface area contributed by atoms with Crippen molar-refractivity contribution in [1.82, 2.24) is 0 Å². The van der Waals surface area contributed by atoms with Gasteiger partial charge in [0.1, 0.15) is 5.75 Å². The van der Waals surface area contributed by atoms with Crippen molar-refractivity contribution < 1.29 is 14.6 Å². The first-order valence-electron chi connectivity index (χ1n) is 5.74. The van der Waals surface area contributed by atoms with Crippen molar-refractivity contribution in [2.24, 2.45) is 0 Å². The third kappa shape index (κ3) is 1.89. The molecule has 92 valence electrons. The Hall–Kier alpha value is -1.55. The quantitative estimate of drug-likeness (QED) is 0.848. The third-order valence-corrected chi connectivity index (χ3v) is 2.94. The van der Waals surface area contributed by atoms with Gasteiger partial charge in [0.15, 0.2) is 5.60 Å². The van der Waals surface area contributed by atoms with Gasteiger partial charge in [0.05, 0.1) is 12.3 Å². The topological polar surface area (TPSA) is 49.8 Å². The van der Waals surface area contributed by atoms with Crippen LogP contribution in [0, 0.1) is 0 Å². The van der Waals surface area contributed by atoms with Gasteiger partial charge in [0, 0.05) is 6.54 Å². The third-order valence-electron chi connectivity index (χ3n) is 2.94. The Morgan fingerprint density at radius 1 is 1.41 bits per heavy atom. The van der Waals surface area contributed by atoms with Crippen LogP contribution in [-0.2, 0) is 11.4 Å². The average molecular weight is 235 g/mol. The lowest BCUT2D eigenvalue weighted by molar-refractivity contribution is -0.132. The molecule has 0 aromatic heterocycles. The Labute approximate surface area is 101 Å². The number of hydrogen-bond donors (Lipinski definition) is 1. The summed E-state index contributed by atoms with van der Waals surface area (Å²) in [5.41, 5.74) is 0.704. The monoisotopic (exact) mass is 235 g/mol. The molecule has 4 heteroatoms. The molecule has 1 aromatic carbocycles. The Bertz CT molecular complexity index is 454. The maximum Gasteiger partial charge on any atom is 0.270 e. The van der Waals surface area contributed by atoms with Crippen LogP contribution in [0.2, 0.25) is 0 Å². The molecule has 1 heterocycles. The van der Waals surface area contributed by atoms with Crippen molar-refractivity contribution in [3.63, 3.8) is 0 Å². The van der Waals surface area contributed by atoms with E-state index in [-0.39, 0.29) is 12.5 Å². The first-order valence-corrected chi connectivity index (χ1v) is 5.74. The maximum absolute atomic E-state index is 12.1. The van der Waals surface area contributed by atoms with Crippen LogP contribution in [0.3, 0.4) is 0 Å². The molecule has 0 atom stereocenters. The van der Waals surface area contributed by atoms with E-state index in [1.807, 2.05) is 13.0 Å². The largest absolute Gasteiger partial charge is 0.476 e. The minimum Gasteiger partial charge on any atom is -0.476 e. The second-order valence-corrected chi connectivity index (χ2v) is 4.62. The summed E-state index contributed by atoms with van der Waals surface area (Å²) in [5.74, 6) is 0.618. The van der Waals surface area contributed by atoms with E-state index in [2.05, 4.69) is 0 Å². The molecule has 2 rings (SSSR count). The van der Waals surface area contributed by atoms with E-state index >= 15 is 0 Å². The molecule has 4 nitrogen and oxygen atoms in total. The predicted octanol–water partition coefficient (Wildman–Crippen LogP) is 1.70. The van der Waals surface area contributed by atoms with Crippen LogP contribution >= 0.6 is 0 Å². The van der Waals surface area contributed by atoms with Gasteiger partial charge >= 0.3 is 0 Å². The highest BCUT2D eigenvalue weighted by Gasteiger charge is 2.40. The van der Waals surface area contributed by atoms with Gasteiger partial charge in [0.2, 0.25) is 0 Å². The minimum absolute atomic E-state index is 0.0306. The van der Waals surface area contributed by atoms with Crippen LogP contribution in [0.1, 0.15) is 26.3 Å². The summed E-state index contributed by atoms with van der Waals surface area (Å²) >= 11 is 0. The summed E-state index contributed by atoms with van der Waals surface area (Å²) in [4.78, 5) is 13.9. The fourth-order valence-corrected chi connectivity index (χ4v) is 2.03. The molecular formula is C13H17NO3. The number of aliphatic hydroxyl groups is 1. The Morgan fingerprint density at radius 2 is 2.12 bits per heavy atom. The number of anilines is 1. The summed E-state index contributed by atoms with van der Waals surface area (Å²) in [7, 11) is 0. The van der Waals surface area contributed by atoms with Gasteiger partial charge in [-0.05, 0) is 38.5 Å². The van der Waals surface area contributed by atoms with Crippen molar-refractivity contribution in [2.75, 3.05) is 11.4 Å². The summed E-state index contributed by atoms with van der Waals surface area (Å²) in [5, 5.41) is 9.11. The zero-order valence-electron chi connectivity index (χ0n) is 10.4. The Balaban J connectivity index is 2.52. The fraction of sp³-hybridized carbons (Fsp3) is 0.462. The highest BCUT2D eigenvalue weighted by molar-refractivity contribution is 6.02. The van der Waals surface area contributed by atoms with E-state index in [1.54, 1.807) is 30.9 Å². The number of carbonyl (C=O) groups excluding carboxylic acids is 1. The van der Waals surface area contributed by atoms with Crippen LogP contribution in [0.15, 0.2) is 18.2 Å². The predicted molar refractivity (Wildman–Crippen MR) is 65.1 cm³/mol. The number of hydrogen-bond acceptors (Lipinski definition) is 3. The molecule has 0 saturated carbocycles. The number of carbonyl (C=O) groups is 1. The molecule has 0 spiro atoms. The van der Waals surface area contributed by atoms with Gasteiger partial charge in [-0.15, -0.1) is 0 Å². The average Bonchev–Trinajstić information content (AvgIpc) is 2.30. The summed E-state index contributed by atoms with van der Waals surface area (Å²) in [6.45, 7) is 6.02. The Kier molecular flexibility index (Phi) is 2.83. The first-order chi connectivity index (χ1) is 7.99. The first kappa shape index (κ1) is 11.9. The number of amides is 1. The number of likely N-dealkylation sites (N-methyl/N-ethyl adjacent to an activating group) is 1. The van der Waals surface area contributed by atoms with Gasteiger partial charge in [-0.25, -0.2) is 0 Å². The standard InChI is InChI=1S/C13H17NO3/c1-4-14-10-6-5-9(8-15)7-11(10)17-13(2,3)12(14)16/h5-7,15H,4,8H2,1-3H3. The lowest BCUT2D eigenvalue weighted by Crippen LogP contribution is -2.52. The van der Waals surface area contributed by atoms with Crippen LogP contribution < -0.4 is 9.64 Å². The normalized spacial score (nSPS) is 17.6. The summed E-state index contributed by atoms with van der Waals surface area (Å²) < 4.78 is 5.70. The number of nitrogens with zero attached hydrogens (tertiary/aromatic N) is 1. The molecule has 0 bridgehead atoms. The molecule has 1 amide bonds. The van der Waals surface area contributed by atoms with E-state index in [9.17, 15) is 4.79 Å². The number of ether oxygens (including phenoxy) is 1. The van der Waals surface area contributed by atoms with Crippen LogP contribution in [0.4, 0.5) is 5.69 Å². The van der Waals surface area contributed by atoms with E-state index in [1.165, 1.54) is 0 Å². The van der Waals surface area contributed by atoms with Crippen molar-refractivity contribution in [3.8, 4) is 5.75 Å². The lowest BCUT2D eigenvalue weighted by atomic mass is 10.0. The number of rotatable bonds is 2. The fourth-order valence-electron chi connectivity index (χ4n) is 2.03. The molecule has 1 aromatic rings. The van der Waals surface area contributed by atoms with Crippen molar-refractivity contribution in [3.05, 3.63) is 23.8 Å². The van der Waals surface area contributed by atoms with E-state index in [0.717, 1.165) is 11.3 Å². The summed E-state index contributed by atoms with van der Waals surface area (Å²) in [6.07, 6.45) is 0. The van der Waals surface area contributed by atoms with Crippen LogP contribution in [0.25, 0.3) is 0 Å². The van der Waals surface area contributed by atoms with E-state index in [0.29, 0.717) is 12.3 Å².